The molecular weight excluding hydrogens is 416 g/mol. The molecule has 0 bridgehead atoms. The third kappa shape index (κ3) is 4.64. The molecule has 1 aromatic carbocycles. The van der Waals surface area contributed by atoms with E-state index in [1.165, 1.54) is 11.4 Å². The summed E-state index contributed by atoms with van der Waals surface area (Å²) >= 11 is 5.81. The van der Waals surface area contributed by atoms with Crippen molar-refractivity contribution in [3.8, 4) is 5.69 Å². The van der Waals surface area contributed by atoms with E-state index in [-0.39, 0.29) is 12.1 Å². The molecule has 0 aliphatic carbocycles. The minimum Gasteiger partial charge on any atom is -0.378 e. The van der Waals surface area contributed by atoms with Crippen LogP contribution in [0.15, 0.2) is 67.0 Å². The Kier molecular flexibility index (Phi) is 6.77. The van der Waals surface area contributed by atoms with Crippen LogP contribution in [0.1, 0.15) is 29.9 Å². The van der Waals surface area contributed by atoms with Gasteiger partial charge in [-0.15, -0.1) is 0 Å². The number of hydrogen-bond acceptors (Lipinski definition) is 4. The lowest BCUT2D eigenvalue weighted by molar-refractivity contribution is 0.286. The Morgan fingerprint density at radius 2 is 1.78 bits per heavy atom. The standard InChI is InChI=1S/C25H32N6S/c1-28(2)16-8-18-31-24(23(27-25(31)32)21-9-5-6-15-26-21)22-10-7-17-30(22)20-13-11-19(12-14-20)29(3)4/h5-7,9-15,17,23-24H,8,16,18H2,1-4H3,(H,27,32)/t23-,24+/m1/s1. The predicted molar refractivity (Wildman–Crippen MR) is 135 cm³/mol. The van der Waals surface area contributed by atoms with Crippen molar-refractivity contribution in [1.82, 2.24) is 24.7 Å². The van der Waals surface area contributed by atoms with Crippen molar-refractivity contribution < 1.29 is 0 Å². The summed E-state index contributed by atoms with van der Waals surface area (Å²) in [4.78, 5) is 11.3. The molecular formula is C25H32N6S. The largest absolute Gasteiger partial charge is 0.378 e. The molecule has 0 amide bonds. The van der Waals surface area contributed by atoms with Crippen LogP contribution in [-0.2, 0) is 0 Å². The Morgan fingerprint density at radius 1 is 1.00 bits per heavy atom. The van der Waals surface area contributed by atoms with Crippen molar-refractivity contribution in [3.63, 3.8) is 0 Å². The molecule has 0 saturated carbocycles. The summed E-state index contributed by atoms with van der Waals surface area (Å²) in [5, 5.41) is 4.35. The molecule has 1 aliphatic rings. The first-order valence-corrected chi connectivity index (χ1v) is 11.4. The lowest BCUT2D eigenvalue weighted by atomic mass is 10.0. The van der Waals surface area contributed by atoms with Gasteiger partial charge < -0.3 is 24.6 Å². The molecule has 7 heteroatoms. The Bertz CT molecular complexity index is 1030. The Balaban J connectivity index is 1.71. The van der Waals surface area contributed by atoms with E-state index in [1.807, 2.05) is 18.3 Å². The van der Waals surface area contributed by atoms with E-state index < -0.39 is 0 Å². The smallest absolute Gasteiger partial charge is 0.170 e. The number of nitrogens with zero attached hydrogens (tertiary/aromatic N) is 5. The second-order valence-electron chi connectivity index (χ2n) is 8.69. The van der Waals surface area contributed by atoms with Crippen LogP contribution in [0.5, 0.6) is 0 Å². The first kappa shape index (κ1) is 22.3. The van der Waals surface area contributed by atoms with Gasteiger partial charge in [0.2, 0.25) is 0 Å². The van der Waals surface area contributed by atoms with Crippen molar-refractivity contribution >= 4 is 23.0 Å². The van der Waals surface area contributed by atoms with Crippen molar-refractivity contribution in [1.29, 1.82) is 0 Å². The first-order chi connectivity index (χ1) is 15.5. The van der Waals surface area contributed by atoms with Gasteiger partial charge in [0.15, 0.2) is 5.11 Å². The van der Waals surface area contributed by atoms with Crippen molar-refractivity contribution in [3.05, 3.63) is 78.4 Å². The molecule has 6 nitrogen and oxygen atoms in total. The van der Waals surface area contributed by atoms with Crippen LogP contribution in [0.4, 0.5) is 5.69 Å². The molecule has 1 N–H and O–H groups in total. The summed E-state index contributed by atoms with van der Waals surface area (Å²) in [5.74, 6) is 0. The van der Waals surface area contributed by atoms with E-state index in [4.69, 9.17) is 12.2 Å². The molecule has 32 heavy (non-hydrogen) atoms. The number of hydrogen-bond donors (Lipinski definition) is 1. The van der Waals surface area contributed by atoms with E-state index in [1.54, 1.807) is 0 Å². The maximum Gasteiger partial charge on any atom is 0.170 e. The van der Waals surface area contributed by atoms with Gasteiger partial charge in [0.25, 0.3) is 0 Å². The normalized spacial score (nSPS) is 18.3. The van der Waals surface area contributed by atoms with Crippen molar-refractivity contribution in [2.24, 2.45) is 0 Å². The van der Waals surface area contributed by atoms with Crippen LogP contribution in [0, 0.1) is 0 Å². The highest BCUT2D eigenvalue weighted by atomic mass is 32.1. The van der Waals surface area contributed by atoms with Gasteiger partial charge in [-0.05, 0) is 87.8 Å². The monoisotopic (exact) mass is 448 g/mol. The number of rotatable bonds is 8. The maximum absolute atomic E-state index is 5.81. The third-order valence-corrected chi connectivity index (χ3v) is 6.28. The van der Waals surface area contributed by atoms with Crippen LogP contribution in [0.2, 0.25) is 0 Å². The Hall–Kier alpha value is -2.90. The van der Waals surface area contributed by atoms with Crippen LogP contribution in [0.25, 0.3) is 5.69 Å². The zero-order valence-corrected chi connectivity index (χ0v) is 20.1. The van der Waals surface area contributed by atoms with E-state index in [9.17, 15) is 0 Å². The SMILES string of the molecule is CN(C)CCCN1C(=S)N[C@H](c2ccccn2)[C@@H]1c1cccn1-c1ccc(N(C)C)cc1. The summed E-state index contributed by atoms with van der Waals surface area (Å²) in [6, 6.07) is 19.1. The number of anilines is 1. The molecule has 0 unspecified atom stereocenters. The van der Waals surface area contributed by atoms with Gasteiger partial charge in [0, 0.05) is 50.1 Å². The number of thiocarbonyl (C=S) groups is 1. The molecule has 1 fully saturated rings. The van der Waals surface area contributed by atoms with Gasteiger partial charge in [-0.25, -0.2) is 0 Å². The molecule has 4 rings (SSSR count). The molecule has 2 atom stereocenters. The second kappa shape index (κ2) is 9.71. The number of aromatic nitrogens is 2. The van der Waals surface area contributed by atoms with Crippen LogP contribution >= 0.6 is 12.2 Å². The molecule has 0 spiro atoms. The fraction of sp³-hybridized carbons (Fsp3) is 0.360. The maximum atomic E-state index is 5.81. The van der Waals surface area contributed by atoms with Gasteiger partial charge in [-0.2, -0.15) is 0 Å². The molecule has 1 saturated heterocycles. The van der Waals surface area contributed by atoms with Crippen molar-refractivity contribution in [2.45, 2.75) is 18.5 Å². The van der Waals surface area contributed by atoms with Gasteiger partial charge in [0.05, 0.1) is 17.8 Å². The summed E-state index contributed by atoms with van der Waals surface area (Å²) in [6.45, 7) is 1.91. The molecule has 3 heterocycles. The van der Waals surface area contributed by atoms with Gasteiger partial charge in [-0.3, -0.25) is 4.98 Å². The van der Waals surface area contributed by atoms with E-state index in [0.29, 0.717) is 0 Å². The zero-order chi connectivity index (χ0) is 22.7. The van der Waals surface area contributed by atoms with E-state index >= 15 is 0 Å². The first-order valence-electron chi connectivity index (χ1n) is 11.0. The zero-order valence-electron chi connectivity index (χ0n) is 19.3. The average Bonchev–Trinajstić information content (AvgIpc) is 3.39. The molecule has 0 radical (unpaired) electrons. The predicted octanol–water partition coefficient (Wildman–Crippen LogP) is 3.86. The van der Waals surface area contributed by atoms with E-state index in [2.05, 4.69) is 106 Å². The van der Waals surface area contributed by atoms with Gasteiger partial charge >= 0.3 is 0 Å². The summed E-state index contributed by atoms with van der Waals surface area (Å²) in [7, 11) is 8.34. The Labute approximate surface area is 196 Å². The fourth-order valence-electron chi connectivity index (χ4n) is 4.31. The van der Waals surface area contributed by atoms with Crippen LogP contribution in [-0.4, -0.2) is 65.7 Å². The minimum absolute atomic E-state index is 0.00208. The summed E-state index contributed by atoms with van der Waals surface area (Å²) < 4.78 is 2.27. The fourth-order valence-corrected chi connectivity index (χ4v) is 4.64. The highest BCUT2D eigenvalue weighted by Crippen LogP contribution is 2.39. The second-order valence-corrected chi connectivity index (χ2v) is 9.08. The minimum atomic E-state index is -0.00208. The number of benzene rings is 1. The third-order valence-electron chi connectivity index (χ3n) is 5.93. The molecule has 2 aromatic heterocycles. The van der Waals surface area contributed by atoms with Gasteiger partial charge in [0.1, 0.15) is 0 Å². The number of pyridine rings is 1. The van der Waals surface area contributed by atoms with Gasteiger partial charge in [-0.1, -0.05) is 6.07 Å². The molecule has 1 aliphatic heterocycles. The van der Waals surface area contributed by atoms with Crippen LogP contribution in [0.3, 0.4) is 0 Å². The lowest BCUT2D eigenvalue weighted by Crippen LogP contribution is -2.33. The topological polar surface area (TPSA) is 39.6 Å². The lowest BCUT2D eigenvalue weighted by Gasteiger charge is -2.29. The quantitative estimate of drug-likeness (QED) is 0.528. The van der Waals surface area contributed by atoms with Crippen LogP contribution < -0.4 is 10.2 Å². The summed E-state index contributed by atoms with van der Waals surface area (Å²) in [6.07, 6.45) is 5.03. The average molecular weight is 449 g/mol. The molecule has 3 aromatic rings. The molecule has 168 valence electrons. The summed E-state index contributed by atoms with van der Waals surface area (Å²) in [5.41, 5.74) is 4.53. The van der Waals surface area contributed by atoms with Crippen molar-refractivity contribution in [2.75, 3.05) is 46.2 Å². The highest BCUT2D eigenvalue weighted by Gasteiger charge is 2.40. The Morgan fingerprint density at radius 3 is 2.44 bits per heavy atom. The highest BCUT2D eigenvalue weighted by molar-refractivity contribution is 7.80. The number of nitrogens with one attached hydrogen (secondary N) is 1. The van der Waals surface area contributed by atoms with E-state index in [0.717, 1.165) is 36.0 Å².